The van der Waals surface area contributed by atoms with E-state index in [4.69, 9.17) is 9.47 Å². The maximum Gasteiger partial charge on any atom is 0.308 e. The molecular weight excluding hydrogens is 456 g/mol. The summed E-state index contributed by atoms with van der Waals surface area (Å²) in [6, 6.07) is 29.8. The molecule has 0 N–H and O–H groups in total. The zero-order chi connectivity index (χ0) is 26.0. The first-order chi connectivity index (χ1) is 18.0. The summed E-state index contributed by atoms with van der Waals surface area (Å²) in [6.45, 7) is 9.33. The van der Waals surface area contributed by atoms with Gasteiger partial charge in [0.1, 0.15) is 11.5 Å². The third-order valence-electron chi connectivity index (χ3n) is 7.14. The minimum atomic E-state index is -0.569. The lowest BCUT2D eigenvalue weighted by molar-refractivity contribution is -0.131. The number of benzene rings is 4. The first kappa shape index (κ1) is 24.3. The Morgan fingerprint density at radius 2 is 1.24 bits per heavy atom. The average molecular weight is 487 g/mol. The molecule has 5 rings (SSSR count). The first-order valence-electron chi connectivity index (χ1n) is 12.4. The lowest BCUT2D eigenvalue weighted by atomic mass is 9.67. The number of carbonyl (C=O) groups is 1. The monoisotopic (exact) mass is 486 g/mol. The van der Waals surface area contributed by atoms with Crippen LogP contribution in [0.1, 0.15) is 40.3 Å². The van der Waals surface area contributed by atoms with Crippen molar-refractivity contribution in [2.75, 3.05) is 7.11 Å². The summed E-state index contributed by atoms with van der Waals surface area (Å²) >= 11 is 0. The van der Waals surface area contributed by atoms with Crippen LogP contribution in [-0.4, -0.2) is 13.1 Å². The third-order valence-corrected chi connectivity index (χ3v) is 7.14. The molecule has 4 aromatic rings. The summed E-state index contributed by atoms with van der Waals surface area (Å²) in [5.74, 6) is 1.07. The Bertz CT molecular complexity index is 1470. The average Bonchev–Trinajstić information content (AvgIpc) is 3.21. The SMILES string of the molecule is C=CCc1cc(C2(c3ccc(OC(C)=O)c(CC=C)c3)c3ccccc3-c3ccccc32)ccc1OC. The molecule has 0 spiro atoms. The van der Waals surface area contributed by atoms with Crippen LogP contribution >= 0.6 is 0 Å². The molecule has 3 nitrogen and oxygen atoms in total. The molecule has 0 aromatic heterocycles. The van der Waals surface area contributed by atoms with Gasteiger partial charge in [-0.15, -0.1) is 13.2 Å². The number of methoxy groups -OCH3 is 1. The van der Waals surface area contributed by atoms with Crippen LogP contribution in [0.25, 0.3) is 11.1 Å². The molecule has 184 valence electrons. The molecule has 0 saturated heterocycles. The van der Waals surface area contributed by atoms with Crippen molar-refractivity contribution in [3.63, 3.8) is 0 Å². The molecule has 0 amide bonds. The Balaban J connectivity index is 1.88. The molecule has 37 heavy (non-hydrogen) atoms. The highest BCUT2D eigenvalue weighted by atomic mass is 16.5. The number of hydrogen-bond donors (Lipinski definition) is 0. The molecular formula is C34H30O3. The van der Waals surface area contributed by atoms with E-state index in [2.05, 4.69) is 92.0 Å². The van der Waals surface area contributed by atoms with Crippen LogP contribution in [0.3, 0.4) is 0 Å². The first-order valence-corrected chi connectivity index (χ1v) is 12.4. The number of hydrogen-bond acceptors (Lipinski definition) is 3. The zero-order valence-corrected chi connectivity index (χ0v) is 21.3. The maximum atomic E-state index is 11.8. The fraction of sp³-hybridized carbons (Fsp3) is 0.147. The van der Waals surface area contributed by atoms with E-state index in [-0.39, 0.29) is 5.97 Å². The highest BCUT2D eigenvalue weighted by Gasteiger charge is 2.46. The Morgan fingerprint density at radius 3 is 1.73 bits per heavy atom. The van der Waals surface area contributed by atoms with E-state index in [0.717, 1.165) is 28.0 Å². The summed E-state index contributed by atoms with van der Waals surface area (Å²) in [6.07, 6.45) is 5.02. The van der Waals surface area contributed by atoms with Gasteiger partial charge in [-0.25, -0.2) is 0 Å². The third kappa shape index (κ3) is 3.97. The van der Waals surface area contributed by atoms with E-state index in [1.54, 1.807) is 7.11 Å². The highest BCUT2D eigenvalue weighted by molar-refractivity contribution is 5.86. The Kier molecular flexibility index (Phi) is 6.54. The van der Waals surface area contributed by atoms with E-state index in [1.807, 2.05) is 18.2 Å². The molecule has 3 heteroatoms. The molecule has 0 fully saturated rings. The lowest BCUT2D eigenvalue weighted by Gasteiger charge is -2.35. The van der Waals surface area contributed by atoms with Gasteiger partial charge in [-0.2, -0.15) is 0 Å². The van der Waals surface area contributed by atoms with E-state index < -0.39 is 5.41 Å². The van der Waals surface area contributed by atoms with Crippen LogP contribution in [-0.2, 0) is 23.1 Å². The molecule has 0 radical (unpaired) electrons. The topological polar surface area (TPSA) is 35.5 Å². The van der Waals surface area contributed by atoms with E-state index in [1.165, 1.54) is 29.2 Å². The van der Waals surface area contributed by atoms with Crippen molar-refractivity contribution in [2.45, 2.75) is 25.2 Å². The second-order valence-electron chi connectivity index (χ2n) is 9.27. The predicted octanol–water partition coefficient (Wildman–Crippen LogP) is 7.44. The molecule has 1 aliphatic rings. The van der Waals surface area contributed by atoms with Crippen LogP contribution in [0.4, 0.5) is 0 Å². The van der Waals surface area contributed by atoms with E-state index in [0.29, 0.717) is 18.6 Å². The normalized spacial score (nSPS) is 12.8. The maximum absolute atomic E-state index is 11.8. The van der Waals surface area contributed by atoms with Crippen molar-refractivity contribution in [1.82, 2.24) is 0 Å². The largest absolute Gasteiger partial charge is 0.496 e. The molecule has 0 bridgehead atoms. The van der Waals surface area contributed by atoms with Gasteiger partial charge < -0.3 is 9.47 Å². The van der Waals surface area contributed by atoms with E-state index in [9.17, 15) is 4.79 Å². The fourth-order valence-electron chi connectivity index (χ4n) is 5.73. The number of ether oxygens (including phenoxy) is 2. The van der Waals surface area contributed by atoms with E-state index >= 15 is 0 Å². The quantitative estimate of drug-likeness (QED) is 0.130. The second kappa shape index (κ2) is 9.94. The van der Waals surface area contributed by atoms with Crippen LogP contribution in [0, 0.1) is 0 Å². The number of esters is 1. The minimum absolute atomic E-state index is 0.339. The number of rotatable bonds is 8. The second-order valence-corrected chi connectivity index (χ2v) is 9.27. The fourth-order valence-corrected chi connectivity index (χ4v) is 5.73. The standard InChI is InChI=1S/C34H30O3/c1-5-11-24-21-26(17-19-32(24)36-4)34(27-18-20-33(37-23(3)35)25(22-27)12-6-2)30-15-9-7-13-28(30)29-14-8-10-16-31(29)34/h5-10,13-22H,1-2,11-12H2,3-4H3. The molecule has 0 unspecified atom stereocenters. The van der Waals surface area contributed by atoms with Gasteiger partial charge in [0.25, 0.3) is 0 Å². The number of fused-ring (bicyclic) bond motifs is 3. The van der Waals surface area contributed by atoms with Crippen molar-refractivity contribution in [1.29, 1.82) is 0 Å². The summed E-state index contributed by atoms with van der Waals surface area (Å²) in [7, 11) is 1.70. The zero-order valence-electron chi connectivity index (χ0n) is 21.3. The Hall–Kier alpha value is -4.37. The summed E-state index contributed by atoms with van der Waals surface area (Å²) in [4.78, 5) is 11.8. The Morgan fingerprint density at radius 1 is 0.757 bits per heavy atom. The van der Waals surface area contributed by atoms with Crippen molar-refractivity contribution in [3.8, 4) is 22.6 Å². The smallest absolute Gasteiger partial charge is 0.308 e. The van der Waals surface area contributed by atoms with Crippen LogP contribution < -0.4 is 9.47 Å². The van der Waals surface area contributed by atoms with Gasteiger partial charge in [-0.3, -0.25) is 4.79 Å². The van der Waals surface area contributed by atoms with Gasteiger partial charge in [0.2, 0.25) is 0 Å². The van der Waals surface area contributed by atoms with Crippen molar-refractivity contribution < 1.29 is 14.3 Å². The van der Waals surface area contributed by atoms with Crippen LogP contribution in [0.15, 0.2) is 110 Å². The summed E-state index contributed by atoms with van der Waals surface area (Å²) in [5, 5.41) is 0. The number of allylic oxidation sites excluding steroid dienone is 2. The van der Waals surface area contributed by atoms with Gasteiger partial charge in [0.15, 0.2) is 0 Å². The summed E-state index contributed by atoms with van der Waals surface area (Å²) in [5.41, 5.74) is 8.55. The van der Waals surface area contributed by atoms with Crippen LogP contribution in [0.2, 0.25) is 0 Å². The van der Waals surface area contributed by atoms with Gasteiger partial charge >= 0.3 is 5.97 Å². The predicted molar refractivity (Wildman–Crippen MR) is 149 cm³/mol. The van der Waals surface area contributed by atoms with Crippen molar-refractivity contribution in [3.05, 3.63) is 144 Å². The van der Waals surface area contributed by atoms with Crippen molar-refractivity contribution >= 4 is 5.97 Å². The lowest BCUT2D eigenvalue weighted by Crippen LogP contribution is -2.29. The highest BCUT2D eigenvalue weighted by Crippen LogP contribution is 2.56. The molecule has 1 aliphatic carbocycles. The van der Waals surface area contributed by atoms with Gasteiger partial charge in [-0.05, 0) is 69.5 Å². The van der Waals surface area contributed by atoms with Gasteiger partial charge in [0, 0.05) is 6.92 Å². The molecule has 0 atom stereocenters. The molecule has 0 aliphatic heterocycles. The molecule has 0 saturated carbocycles. The van der Waals surface area contributed by atoms with Crippen LogP contribution in [0.5, 0.6) is 11.5 Å². The van der Waals surface area contributed by atoms with Gasteiger partial charge in [-0.1, -0.05) is 84.9 Å². The number of carbonyl (C=O) groups excluding carboxylic acids is 1. The minimum Gasteiger partial charge on any atom is -0.496 e. The van der Waals surface area contributed by atoms with Gasteiger partial charge in [0.05, 0.1) is 12.5 Å². The summed E-state index contributed by atoms with van der Waals surface area (Å²) < 4.78 is 11.2. The van der Waals surface area contributed by atoms with Crippen molar-refractivity contribution in [2.24, 2.45) is 0 Å². The molecule has 0 heterocycles. The molecule has 4 aromatic carbocycles. The Labute approximate surface area is 218 Å².